The maximum Gasteiger partial charge on any atom is 0.229 e. The highest BCUT2D eigenvalue weighted by molar-refractivity contribution is 5.78. The molecule has 0 bridgehead atoms. The Morgan fingerprint density at radius 1 is 1.12 bits per heavy atom. The number of pyridine rings is 1. The van der Waals surface area contributed by atoms with Crippen LogP contribution in [0.1, 0.15) is 0 Å². The van der Waals surface area contributed by atoms with Crippen molar-refractivity contribution in [2.45, 2.75) is 0 Å². The molecule has 1 aromatic carbocycles. The molecule has 2 N–H and O–H groups in total. The van der Waals surface area contributed by atoms with Crippen LogP contribution < -0.4 is 5.73 Å². The molecule has 0 aliphatic rings. The Bertz CT molecular complexity index is 612. The van der Waals surface area contributed by atoms with Gasteiger partial charge in [-0.05, 0) is 18.2 Å². The zero-order valence-electron chi connectivity index (χ0n) is 8.42. The second-order valence-electron chi connectivity index (χ2n) is 3.45. The van der Waals surface area contributed by atoms with Gasteiger partial charge in [-0.1, -0.05) is 12.1 Å². The summed E-state index contributed by atoms with van der Waals surface area (Å²) < 4.78 is 5.58. The van der Waals surface area contributed by atoms with Crippen LogP contribution in [-0.2, 0) is 0 Å². The van der Waals surface area contributed by atoms with Gasteiger partial charge in [-0.25, -0.2) is 4.98 Å². The van der Waals surface area contributed by atoms with E-state index in [1.54, 1.807) is 12.4 Å². The number of aromatic nitrogens is 2. The highest BCUT2D eigenvalue weighted by Crippen LogP contribution is 2.27. The third-order valence-electron chi connectivity index (χ3n) is 2.38. The molecule has 0 saturated heterocycles. The van der Waals surface area contributed by atoms with Gasteiger partial charge in [0.15, 0.2) is 5.58 Å². The summed E-state index contributed by atoms with van der Waals surface area (Å²) >= 11 is 0. The van der Waals surface area contributed by atoms with Crippen molar-refractivity contribution >= 4 is 16.8 Å². The lowest BCUT2D eigenvalue weighted by Crippen LogP contribution is -1.88. The molecule has 0 spiro atoms. The van der Waals surface area contributed by atoms with Crippen molar-refractivity contribution in [2.75, 3.05) is 5.73 Å². The normalized spacial score (nSPS) is 10.8. The van der Waals surface area contributed by atoms with E-state index in [1.165, 1.54) is 0 Å². The van der Waals surface area contributed by atoms with Crippen LogP contribution in [-0.4, -0.2) is 9.97 Å². The predicted molar refractivity (Wildman–Crippen MR) is 61.7 cm³/mol. The predicted octanol–water partition coefficient (Wildman–Crippen LogP) is 2.47. The quantitative estimate of drug-likeness (QED) is 0.628. The Labute approximate surface area is 91.7 Å². The minimum absolute atomic E-state index is 0.529. The minimum atomic E-state index is 0.529. The van der Waals surface area contributed by atoms with E-state index in [0.717, 1.165) is 11.1 Å². The maximum atomic E-state index is 5.86. The van der Waals surface area contributed by atoms with Gasteiger partial charge in [-0.3, -0.25) is 4.98 Å². The van der Waals surface area contributed by atoms with E-state index in [2.05, 4.69) is 9.97 Å². The highest BCUT2D eigenvalue weighted by Gasteiger charge is 2.09. The van der Waals surface area contributed by atoms with Gasteiger partial charge in [0.2, 0.25) is 5.89 Å². The lowest BCUT2D eigenvalue weighted by molar-refractivity contribution is 0.618. The summed E-state index contributed by atoms with van der Waals surface area (Å²) in [5.41, 5.74) is 8.77. The first-order valence-corrected chi connectivity index (χ1v) is 4.90. The first-order valence-electron chi connectivity index (χ1n) is 4.90. The smallest absolute Gasteiger partial charge is 0.229 e. The van der Waals surface area contributed by atoms with Gasteiger partial charge in [-0.2, -0.15) is 0 Å². The summed E-state index contributed by atoms with van der Waals surface area (Å²) in [6, 6.07) is 9.29. The van der Waals surface area contributed by atoms with Crippen molar-refractivity contribution in [2.24, 2.45) is 0 Å². The molecule has 0 saturated carbocycles. The molecule has 4 heteroatoms. The van der Waals surface area contributed by atoms with Crippen LogP contribution in [0, 0.1) is 0 Å². The van der Waals surface area contributed by atoms with Gasteiger partial charge in [0.1, 0.15) is 5.52 Å². The second-order valence-corrected chi connectivity index (χ2v) is 3.45. The number of nitrogens with zero attached hydrogens (tertiary/aromatic N) is 2. The van der Waals surface area contributed by atoms with Gasteiger partial charge in [0.25, 0.3) is 0 Å². The van der Waals surface area contributed by atoms with Crippen molar-refractivity contribution in [3.63, 3.8) is 0 Å². The molecule has 0 aliphatic carbocycles. The Morgan fingerprint density at radius 3 is 2.81 bits per heavy atom. The highest BCUT2D eigenvalue weighted by atomic mass is 16.3. The average molecular weight is 211 g/mol. The van der Waals surface area contributed by atoms with Gasteiger partial charge < -0.3 is 10.2 Å². The maximum absolute atomic E-state index is 5.86. The van der Waals surface area contributed by atoms with E-state index in [9.17, 15) is 0 Å². The van der Waals surface area contributed by atoms with Crippen LogP contribution in [0.4, 0.5) is 5.69 Å². The molecule has 0 atom stereocenters. The molecule has 4 nitrogen and oxygen atoms in total. The number of nitrogens with two attached hydrogens (primary N) is 1. The Balaban J connectivity index is 2.23. The molecule has 0 unspecified atom stereocenters. The van der Waals surface area contributed by atoms with E-state index >= 15 is 0 Å². The fraction of sp³-hybridized carbons (Fsp3) is 0. The monoisotopic (exact) mass is 211 g/mol. The molecular weight excluding hydrogens is 202 g/mol. The topological polar surface area (TPSA) is 64.9 Å². The SMILES string of the molecule is Nc1ccccc1-c1nc2ccncc2o1. The standard InChI is InChI=1S/C12H9N3O/c13-9-4-2-1-3-8(9)12-15-10-5-6-14-7-11(10)16-12/h1-7H,13H2. The fourth-order valence-corrected chi connectivity index (χ4v) is 1.59. The summed E-state index contributed by atoms with van der Waals surface area (Å²) in [7, 11) is 0. The van der Waals surface area contributed by atoms with Crippen molar-refractivity contribution < 1.29 is 4.42 Å². The second kappa shape index (κ2) is 3.34. The molecule has 16 heavy (non-hydrogen) atoms. The number of hydrogen-bond acceptors (Lipinski definition) is 4. The summed E-state index contributed by atoms with van der Waals surface area (Å²) in [6.45, 7) is 0. The summed E-state index contributed by atoms with van der Waals surface area (Å²) in [5, 5.41) is 0. The third-order valence-corrected chi connectivity index (χ3v) is 2.38. The number of oxazole rings is 1. The van der Waals surface area contributed by atoms with E-state index in [0.29, 0.717) is 17.2 Å². The number of benzene rings is 1. The number of fused-ring (bicyclic) bond motifs is 1. The zero-order valence-corrected chi connectivity index (χ0v) is 8.42. The van der Waals surface area contributed by atoms with Crippen LogP contribution in [0.5, 0.6) is 0 Å². The van der Waals surface area contributed by atoms with Crippen molar-refractivity contribution in [3.8, 4) is 11.5 Å². The van der Waals surface area contributed by atoms with E-state index < -0.39 is 0 Å². The van der Waals surface area contributed by atoms with E-state index in [1.807, 2.05) is 30.3 Å². The molecule has 2 aromatic heterocycles. The third kappa shape index (κ3) is 1.32. The summed E-state index contributed by atoms with van der Waals surface area (Å²) in [6.07, 6.45) is 3.33. The van der Waals surface area contributed by atoms with Crippen molar-refractivity contribution in [3.05, 3.63) is 42.7 Å². The molecule has 0 fully saturated rings. The number of anilines is 1. The molecule has 3 rings (SSSR count). The van der Waals surface area contributed by atoms with Crippen LogP contribution in [0.25, 0.3) is 22.6 Å². The molecule has 0 radical (unpaired) electrons. The molecule has 0 amide bonds. The van der Waals surface area contributed by atoms with E-state index in [4.69, 9.17) is 10.2 Å². The lowest BCUT2D eigenvalue weighted by Gasteiger charge is -1.98. The van der Waals surface area contributed by atoms with Crippen molar-refractivity contribution in [1.29, 1.82) is 0 Å². The minimum Gasteiger partial charge on any atom is -0.434 e. The Morgan fingerprint density at radius 2 is 2.00 bits per heavy atom. The average Bonchev–Trinajstić information content (AvgIpc) is 2.73. The fourth-order valence-electron chi connectivity index (χ4n) is 1.59. The van der Waals surface area contributed by atoms with Gasteiger partial charge in [0, 0.05) is 11.9 Å². The first-order chi connectivity index (χ1) is 7.84. The van der Waals surface area contributed by atoms with E-state index in [-0.39, 0.29) is 0 Å². The first kappa shape index (κ1) is 8.91. The Hall–Kier alpha value is -2.36. The number of rotatable bonds is 1. The number of hydrogen-bond donors (Lipinski definition) is 1. The van der Waals surface area contributed by atoms with Crippen LogP contribution in [0.2, 0.25) is 0 Å². The molecule has 78 valence electrons. The number of para-hydroxylation sites is 1. The Kier molecular flexibility index (Phi) is 1.86. The summed E-state index contributed by atoms with van der Waals surface area (Å²) in [5.74, 6) is 0.529. The van der Waals surface area contributed by atoms with Gasteiger partial charge in [-0.15, -0.1) is 0 Å². The number of nitrogen functional groups attached to an aromatic ring is 1. The molecule has 0 aliphatic heterocycles. The van der Waals surface area contributed by atoms with Crippen molar-refractivity contribution in [1.82, 2.24) is 9.97 Å². The van der Waals surface area contributed by atoms with Crippen LogP contribution in [0.3, 0.4) is 0 Å². The molecule has 3 aromatic rings. The molecular formula is C12H9N3O. The largest absolute Gasteiger partial charge is 0.434 e. The summed E-state index contributed by atoms with van der Waals surface area (Å²) in [4.78, 5) is 8.33. The zero-order chi connectivity index (χ0) is 11.0. The lowest BCUT2D eigenvalue weighted by atomic mass is 10.2. The van der Waals surface area contributed by atoms with Gasteiger partial charge in [0.05, 0.1) is 11.8 Å². The van der Waals surface area contributed by atoms with Gasteiger partial charge >= 0.3 is 0 Å². The molecule has 2 heterocycles. The van der Waals surface area contributed by atoms with Crippen LogP contribution in [0.15, 0.2) is 47.1 Å². The van der Waals surface area contributed by atoms with Crippen LogP contribution >= 0.6 is 0 Å².